The van der Waals surface area contributed by atoms with Gasteiger partial charge in [-0.25, -0.2) is 4.79 Å². The van der Waals surface area contributed by atoms with Gasteiger partial charge in [0.05, 0.1) is 22.4 Å². The molecule has 6 atom stereocenters. The fourth-order valence-corrected chi connectivity index (χ4v) is 15.2. The Hall–Kier alpha value is -9.57. The summed E-state index contributed by atoms with van der Waals surface area (Å²) < 4.78 is 14.4. The number of halogens is 5. The van der Waals surface area contributed by atoms with Crippen LogP contribution in [0.25, 0.3) is 0 Å². The van der Waals surface area contributed by atoms with Crippen molar-refractivity contribution < 1.29 is 63.5 Å². The van der Waals surface area contributed by atoms with E-state index in [1.54, 1.807) is 175 Å². The molecule has 9 aromatic rings. The number of alkyl carbamates (subject to hydrolysis) is 1. The number of aromatic amines is 1. The molecule has 119 heavy (non-hydrogen) atoms. The van der Waals surface area contributed by atoms with Crippen LogP contribution in [0.15, 0.2) is 165 Å². The van der Waals surface area contributed by atoms with Gasteiger partial charge in [-0.1, -0.05) is 90.8 Å². The summed E-state index contributed by atoms with van der Waals surface area (Å²) in [6.45, 7) is 15.3. The van der Waals surface area contributed by atoms with E-state index < -0.39 is 62.9 Å². The van der Waals surface area contributed by atoms with Crippen molar-refractivity contribution in [2.24, 2.45) is 11.5 Å². The Morgan fingerprint density at radius 1 is 0.529 bits per heavy atom. The van der Waals surface area contributed by atoms with E-state index in [2.05, 4.69) is 60.8 Å². The molecule has 0 spiro atoms. The second-order valence-corrected chi connectivity index (χ2v) is 38.5. The van der Waals surface area contributed by atoms with Crippen LogP contribution in [0.3, 0.4) is 0 Å². The molecule has 7 amide bonds. The average Bonchev–Trinajstić information content (AvgIpc) is 1.65. The smallest absolute Gasteiger partial charge is 0.407 e. The highest BCUT2D eigenvalue weighted by molar-refractivity contribution is 6.76. The quantitative estimate of drug-likeness (QED) is 0.0123. The van der Waals surface area contributed by atoms with Gasteiger partial charge in [-0.2, -0.15) is 0 Å². The Morgan fingerprint density at radius 2 is 0.916 bits per heavy atom. The zero-order chi connectivity index (χ0) is 86.1. The number of alkyl halides is 2. The topological polar surface area (TPSA) is 393 Å². The van der Waals surface area contributed by atoms with Crippen LogP contribution in [0.4, 0.5) is 4.79 Å². The maximum atomic E-state index is 14.1. The molecule has 9 heterocycles. The van der Waals surface area contributed by atoms with Crippen molar-refractivity contribution in [1.82, 2.24) is 65.0 Å². The summed E-state index contributed by atoms with van der Waals surface area (Å²) in [4.78, 5) is 113. The minimum atomic E-state index is -1.32. The van der Waals surface area contributed by atoms with Crippen molar-refractivity contribution in [3.63, 3.8) is 0 Å². The Bertz CT molecular complexity index is 4880. The van der Waals surface area contributed by atoms with Crippen LogP contribution in [0.2, 0.25) is 40.8 Å². The monoisotopic (exact) mass is 1750 g/mol. The van der Waals surface area contributed by atoms with Gasteiger partial charge < -0.3 is 91.5 Å². The van der Waals surface area contributed by atoms with E-state index in [1.807, 2.05) is 12.1 Å². The molecule has 0 bridgehead atoms. The number of carbonyl (C=O) groups excluding carboxylic acids is 7. The molecule has 3 aromatic carbocycles. The van der Waals surface area contributed by atoms with Gasteiger partial charge in [0.2, 0.25) is 17.7 Å². The molecular formula is C85H104Cl5N15O13Si. The SMILES string of the molecule is CC(C)(C)OC(=O)NCc1ccc(Cl)cc1CNC(=O)[C@@H]1CCCN1C(=O)c1cc(C(O)c2ccccn2)cn1COCC[Si](C)(C)C.ClCCl.NCc1ccc(Cl)cc1CNC(=O)[C@@H]1CCCN1C(=O)c1cc(C(O)c2ccccn2)c[nH]1.NCc1ccc(Cl)cc1CNC(=O)[C@@H]1CCCN1C(=O)c1cc(C(O)c2ccccn2)cn1CO. The zero-order valence-corrected chi connectivity index (χ0v) is 72.1. The van der Waals surface area contributed by atoms with Crippen LogP contribution in [-0.2, 0) is 76.6 Å². The number of hydrogen-bond acceptors (Lipinski definition) is 18. The van der Waals surface area contributed by atoms with Crippen molar-refractivity contribution in [3.05, 3.63) is 264 Å². The molecule has 6 aromatic heterocycles. The average molecular weight is 1750 g/mol. The summed E-state index contributed by atoms with van der Waals surface area (Å²) in [6, 6.07) is 35.6. The third kappa shape index (κ3) is 26.5. The molecule has 13 N–H and O–H groups in total. The van der Waals surface area contributed by atoms with Gasteiger partial charge in [-0.15, -0.1) is 23.2 Å². The van der Waals surface area contributed by atoms with Gasteiger partial charge in [0.15, 0.2) is 0 Å². The maximum absolute atomic E-state index is 14.1. The highest BCUT2D eigenvalue weighted by Gasteiger charge is 2.40. The number of benzene rings is 3. The second-order valence-electron chi connectivity index (χ2n) is 30.8. The summed E-state index contributed by atoms with van der Waals surface area (Å²) in [6.07, 6.45) is 9.74. The van der Waals surface area contributed by atoms with Crippen molar-refractivity contribution in [3.8, 4) is 0 Å². The summed E-state index contributed by atoms with van der Waals surface area (Å²) in [5, 5.41) is 55.5. The first-order chi connectivity index (χ1) is 56.9. The van der Waals surface area contributed by atoms with Gasteiger partial charge in [0, 0.05) is 143 Å². The Labute approximate surface area is 718 Å². The minimum absolute atomic E-state index is 0.139. The molecular weight excluding hydrogens is 1640 g/mol. The first-order valence-corrected chi connectivity index (χ1v) is 44.9. The number of hydrogen-bond donors (Lipinski definition) is 11. The highest BCUT2D eigenvalue weighted by atomic mass is 35.5. The molecule has 3 unspecified atom stereocenters. The predicted molar refractivity (Wildman–Crippen MR) is 458 cm³/mol. The van der Waals surface area contributed by atoms with Crippen LogP contribution < -0.4 is 32.7 Å². The van der Waals surface area contributed by atoms with Gasteiger partial charge in [-0.05, 0) is 190 Å². The Balaban J connectivity index is 0.000000204. The molecule has 3 saturated heterocycles. The molecule has 0 saturated carbocycles. The van der Waals surface area contributed by atoms with Crippen molar-refractivity contribution >= 4 is 108 Å². The lowest BCUT2D eigenvalue weighted by Gasteiger charge is -2.25. The van der Waals surface area contributed by atoms with Gasteiger partial charge >= 0.3 is 6.09 Å². The second kappa shape index (κ2) is 44.6. The molecule has 0 aliphatic carbocycles. The van der Waals surface area contributed by atoms with E-state index in [0.717, 1.165) is 45.8 Å². The first kappa shape index (κ1) is 93.3. The molecule has 0 radical (unpaired) electrons. The lowest BCUT2D eigenvalue weighted by atomic mass is 10.1. The number of carbonyl (C=O) groups is 7. The number of aromatic nitrogens is 6. The largest absolute Gasteiger partial charge is 0.444 e. The molecule has 28 nitrogen and oxygen atoms in total. The lowest BCUT2D eigenvalue weighted by molar-refractivity contribution is -0.125. The van der Waals surface area contributed by atoms with E-state index in [-0.39, 0.29) is 79.4 Å². The molecule has 12 rings (SSSR count). The fraction of sp³-hybridized carbons (Fsp3) is 0.388. The predicted octanol–water partition coefficient (Wildman–Crippen LogP) is 11.8. The number of nitrogens with one attached hydrogen (secondary N) is 5. The number of nitrogens with two attached hydrogens (primary N) is 2. The van der Waals surface area contributed by atoms with E-state index in [4.69, 9.17) is 78.9 Å². The van der Waals surface area contributed by atoms with E-state index in [9.17, 15) is 54.0 Å². The van der Waals surface area contributed by atoms with Crippen LogP contribution in [0, 0.1) is 0 Å². The van der Waals surface area contributed by atoms with E-state index in [1.165, 1.54) is 21.7 Å². The lowest BCUT2D eigenvalue weighted by Crippen LogP contribution is -2.46. The van der Waals surface area contributed by atoms with Crippen LogP contribution in [-0.4, -0.2) is 169 Å². The number of aliphatic hydroxyl groups is 4. The zero-order valence-electron chi connectivity index (χ0n) is 67.3. The first-order valence-electron chi connectivity index (χ1n) is 39.0. The van der Waals surface area contributed by atoms with Crippen molar-refractivity contribution in [2.75, 3.05) is 31.6 Å². The minimum Gasteiger partial charge on any atom is -0.444 e. The fourth-order valence-electron chi connectivity index (χ4n) is 13.8. The number of pyridine rings is 3. The molecule has 34 heteroatoms. The summed E-state index contributed by atoms with van der Waals surface area (Å²) in [5.74, 6) is -1.76. The summed E-state index contributed by atoms with van der Waals surface area (Å²) in [7, 11) is -1.32. The molecule has 3 aliphatic rings. The number of nitrogens with zero attached hydrogens (tertiary/aromatic N) is 8. The molecule has 3 aliphatic heterocycles. The highest BCUT2D eigenvalue weighted by Crippen LogP contribution is 2.32. The third-order valence-corrected chi connectivity index (χ3v) is 22.4. The maximum Gasteiger partial charge on any atom is 0.407 e. The van der Waals surface area contributed by atoms with Crippen LogP contribution >= 0.6 is 58.0 Å². The molecule has 3 fully saturated rings. The number of likely N-dealkylation sites (tertiary alicyclic amines) is 3. The Kier molecular flexibility index (Phi) is 35.0. The number of H-pyrrole nitrogens is 1. The normalized spacial score (nSPS) is 15.9. The van der Waals surface area contributed by atoms with E-state index in [0.29, 0.717) is 132 Å². The number of aliphatic hydroxyl groups excluding tert-OH is 4. The van der Waals surface area contributed by atoms with Crippen LogP contribution in [0.5, 0.6) is 0 Å². The van der Waals surface area contributed by atoms with Gasteiger partial charge in [0.25, 0.3) is 17.7 Å². The van der Waals surface area contributed by atoms with Crippen molar-refractivity contribution in [2.45, 2.75) is 180 Å². The number of ether oxygens (including phenoxy) is 2. The summed E-state index contributed by atoms with van der Waals surface area (Å²) in [5.41, 5.74) is 19.6. The van der Waals surface area contributed by atoms with E-state index >= 15 is 0 Å². The molecule has 636 valence electrons. The van der Waals surface area contributed by atoms with Gasteiger partial charge in [0.1, 0.15) is 72.6 Å². The standard InChI is InChI=1S/C35H48ClN5O6Si.C25H28ClN5O4.C24H26ClN5O3.CH2Cl2/c1-35(2,3)47-34(45)39-20-24-12-13-27(36)18-25(24)21-38-32(43)29-11-9-15-41(29)33(44)30-19-26(31(42)28-10-7-8-14-37-28)22-40(30)23-46-16-17-48(4,5)6;26-19-7-6-16(12-27)17(10-19)13-29-24(34)21-5-3-9-31(21)25(35)22-11-18(14-30(22)15-32)23(33)20-4-1-2-8-28-20;25-18-7-6-15(12-26)16(10-18)13-29-23(32)21-5-3-9-30(21)24(33)20-11-17(14-28-20)22(31)19-4-1-2-8-27-19;2-1-3/h7-8,10,12-14,18-19,22,29,31,42H,9,11,15-17,20-21,23H2,1-6H3,(H,38,43)(H,39,45);1-2,4,6-8,10-11,14,21,23,32-33H,3,5,9,12-13,15,27H2,(H,29,34);1-2,4,6-8,10-11,14,21-22,28,31H,3,5,9,12-13,26H2,(H,29,32);1H2/t29-,31?;21-,23?;21-,22?;/m000./s1. The number of amides is 7. The van der Waals surface area contributed by atoms with Gasteiger partial charge in [-0.3, -0.25) is 43.7 Å². The summed E-state index contributed by atoms with van der Waals surface area (Å²) >= 11 is 28.0. The third-order valence-electron chi connectivity index (χ3n) is 20.0. The van der Waals surface area contributed by atoms with Crippen LogP contribution in [0.1, 0.15) is 176 Å². The van der Waals surface area contributed by atoms with Crippen molar-refractivity contribution in [1.29, 1.82) is 0 Å². The Morgan fingerprint density at radius 3 is 1.31 bits per heavy atom. The number of rotatable bonds is 28.